The first-order chi connectivity index (χ1) is 16.6. The maximum absolute atomic E-state index is 14.0. The monoisotopic (exact) mass is 446 g/mol. The molecular weight excluding hydrogens is 416 g/mol. The first-order valence-corrected chi connectivity index (χ1v) is 11.9. The Morgan fingerprint density at radius 2 is 1.26 bits per heavy atom. The van der Waals surface area contributed by atoms with Gasteiger partial charge in [-0.25, -0.2) is 0 Å². The number of carbonyl (C=O) groups excluding carboxylic acids is 1. The number of carbonyl (C=O) groups is 1. The standard InChI is InChI=1S/C31H30N2O/c1-24-18-19-26(25-12-6-3-7-13-25)22-29(24)30(34)33-21-20-32(2)31(23-33,27-14-8-4-9-15-27)28-16-10-5-11-17-28/h3-19,22H,20-21,23H2,1-2H3. The SMILES string of the molecule is Cc1ccc(-c2ccccc2)cc1C(=O)N1CCN(C)C(c2ccccc2)(c2ccccc2)C1. The summed E-state index contributed by atoms with van der Waals surface area (Å²) < 4.78 is 0. The highest BCUT2D eigenvalue weighted by atomic mass is 16.2. The van der Waals surface area contributed by atoms with Crippen molar-refractivity contribution in [2.24, 2.45) is 0 Å². The van der Waals surface area contributed by atoms with Crippen LogP contribution in [0.2, 0.25) is 0 Å². The Labute approximate surface area is 202 Å². The highest BCUT2D eigenvalue weighted by Crippen LogP contribution is 2.38. The van der Waals surface area contributed by atoms with Crippen molar-refractivity contribution >= 4 is 5.91 Å². The number of benzene rings is 4. The number of hydrogen-bond acceptors (Lipinski definition) is 2. The smallest absolute Gasteiger partial charge is 0.254 e. The van der Waals surface area contributed by atoms with E-state index in [0.717, 1.165) is 28.8 Å². The van der Waals surface area contributed by atoms with Crippen LogP contribution in [-0.2, 0) is 5.54 Å². The van der Waals surface area contributed by atoms with E-state index in [-0.39, 0.29) is 5.91 Å². The molecular formula is C31H30N2O. The molecule has 0 radical (unpaired) electrons. The van der Waals surface area contributed by atoms with Crippen LogP contribution < -0.4 is 0 Å². The Balaban J connectivity index is 1.55. The van der Waals surface area contributed by atoms with Crippen molar-refractivity contribution in [2.75, 3.05) is 26.7 Å². The first-order valence-electron chi connectivity index (χ1n) is 11.9. The van der Waals surface area contributed by atoms with Crippen molar-refractivity contribution in [3.05, 3.63) is 131 Å². The number of rotatable bonds is 4. The van der Waals surface area contributed by atoms with Gasteiger partial charge in [-0.3, -0.25) is 9.69 Å². The van der Waals surface area contributed by atoms with Gasteiger partial charge in [-0.05, 0) is 47.9 Å². The van der Waals surface area contributed by atoms with Gasteiger partial charge in [0, 0.05) is 25.2 Å². The molecule has 0 unspecified atom stereocenters. The van der Waals surface area contributed by atoms with E-state index in [9.17, 15) is 4.79 Å². The Bertz CT molecular complexity index is 1230. The molecule has 3 nitrogen and oxygen atoms in total. The van der Waals surface area contributed by atoms with Crippen LogP contribution in [-0.4, -0.2) is 42.4 Å². The molecule has 5 rings (SSSR count). The van der Waals surface area contributed by atoms with E-state index in [1.807, 2.05) is 42.2 Å². The Morgan fingerprint density at radius 3 is 1.85 bits per heavy atom. The van der Waals surface area contributed by atoms with Gasteiger partial charge in [0.15, 0.2) is 0 Å². The van der Waals surface area contributed by atoms with Crippen LogP contribution >= 0.6 is 0 Å². The molecule has 0 atom stereocenters. The average Bonchev–Trinajstić information content (AvgIpc) is 2.90. The Morgan fingerprint density at radius 1 is 0.706 bits per heavy atom. The Hall–Kier alpha value is -3.69. The third kappa shape index (κ3) is 3.93. The number of piperazine rings is 1. The molecule has 1 aliphatic rings. The predicted octanol–water partition coefficient (Wildman–Crippen LogP) is 5.99. The van der Waals surface area contributed by atoms with Crippen molar-refractivity contribution < 1.29 is 4.79 Å². The number of hydrogen-bond donors (Lipinski definition) is 0. The minimum Gasteiger partial charge on any atom is -0.335 e. The van der Waals surface area contributed by atoms with Gasteiger partial charge >= 0.3 is 0 Å². The van der Waals surface area contributed by atoms with Gasteiger partial charge in [0.1, 0.15) is 0 Å². The molecule has 34 heavy (non-hydrogen) atoms. The van der Waals surface area contributed by atoms with Gasteiger partial charge in [-0.15, -0.1) is 0 Å². The molecule has 0 bridgehead atoms. The van der Waals surface area contributed by atoms with E-state index < -0.39 is 5.54 Å². The third-order valence-electron chi connectivity index (χ3n) is 7.14. The highest BCUT2D eigenvalue weighted by molar-refractivity contribution is 5.97. The summed E-state index contributed by atoms with van der Waals surface area (Å²) in [6.45, 7) is 4.13. The maximum atomic E-state index is 14.0. The van der Waals surface area contributed by atoms with Crippen molar-refractivity contribution in [1.82, 2.24) is 9.80 Å². The lowest BCUT2D eigenvalue weighted by Crippen LogP contribution is -2.60. The first kappa shape index (κ1) is 22.1. The van der Waals surface area contributed by atoms with Crippen LogP contribution in [0.15, 0.2) is 109 Å². The molecule has 1 amide bonds. The lowest BCUT2D eigenvalue weighted by atomic mass is 9.79. The average molecular weight is 447 g/mol. The minimum atomic E-state index is -0.401. The summed E-state index contributed by atoms with van der Waals surface area (Å²) in [5.74, 6) is 0.0969. The largest absolute Gasteiger partial charge is 0.335 e. The summed E-state index contributed by atoms with van der Waals surface area (Å²) in [7, 11) is 2.17. The molecule has 4 aromatic rings. The number of amides is 1. The molecule has 3 heteroatoms. The molecule has 4 aromatic carbocycles. The van der Waals surface area contributed by atoms with Crippen molar-refractivity contribution in [1.29, 1.82) is 0 Å². The maximum Gasteiger partial charge on any atom is 0.254 e. The zero-order valence-corrected chi connectivity index (χ0v) is 19.8. The summed E-state index contributed by atoms with van der Waals surface area (Å²) >= 11 is 0. The van der Waals surface area contributed by atoms with Gasteiger partial charge in [0.2, 0.25) is 0 Å². The zero-order valence-electron chi connectivity index (χ0n) is 19.8. The zero-order chi connectivity index (χ0) is 23.5. The predicted molar refractivity (Wildman–Crippen MR) is 139 cm³/mol. The van der Waals surface area contributed by atoms with E-state index in [4.69, 9.17) is 0 Å². The molecule has 1 aliphatic heterocycles. The van der Waals surface area contributed by atoms with Gasteiger partial charge in [-0.2, -0.15) is 0 Å². The van der Waals surface area contributed by atoms with Gasteiger partial charge < -0.3 is 4.90 Å². The van der Waals surface area contributed by atoms with Gasteiger partial charge in [-0.1, -0.05) is 103 Å². The van der Waals surface area contributed by atoms with E-state index in [1.165, 1.54) is 11.1 Å². The number of nitrogens with zero attached hydrogens (tertiary/aromatic N) is 2. The molecule has 1 heterocycles. The van der Waals surface area contributed by atoms with Crippen molar-refractivity contribution in [3.63, 3.8) is 0 Å². The number of likely N-dealkylation sites (N-methyl/N-ethyl adjacent to an activating group) is 1. The van der Waals surface area contributed by atoms with Crippen LogP contribution in [0.1, 0.15) is 27.0 Å². The van der Waals surface area contributed by atoms with Crippen LogP contribution in [0.25, 0.3) is 11.1 Å². The van der Waals surface area contributed by atoms with E-state index in [0.29, 0.717) is 13.1 Å². The molecule has 0 N–H and O–H groups in total. The van der Waals surface area contributed by atoms with Crippen molar-refractivity contribution in [3.8, 4) is 11.1 Å². The van der Waals surface area contributed by atoms with E-state index in [2.05, 4.69) is 90.8 Å². The van der Waals surface area contributed by atoms with Crippen molar-refractivity contribution in [2.45, 2.75) is 12.5 Å². The van der Waals surface area contributed by atoms with Crippen LogP contribution in [0.4, 0.5) is 0 Å². The second-order valence-electron chi connectivity index (χ2n) is 9.14. The number of aryl methyl sites for hydroxylation is 1. The molecule has 170 valence electrons. The van der Waals surface area contributed by atoms with Crippen LogP contribution in [0.3, 0.4) is 0 Å². The summed E-state index contributed by atoms with van der Waals surface area (Å²) in [6.07, 6.45) is 0. The molecule has 1 saturated heterocycles. The molecule has 1 fully saturated rings. The fourth-order valence-corrected chi connectivity index (χ4v) is 5.16. The van der Waals surface area contributed by atoms with Crippen LogP contribution in [0, 0.1) is 6.92 Å². The van der Waals surface area contributed by atoms with E-state index in [1.54, 1.807) is 0 Å². The molecule has 0 aliphatic carbocycles. The lowest BCUT2D eigenvalue weighted by Gasteiger charge is -2.50. The summed E-state index contributed by atoms with van der Waals surface area (Å²) in [5.41, 5.74) is 5.99. The molecule has 0 aromatic heterocycles. The quantitative estimate of drug-likeness (QED) is 0.384. The summed E-state index contributed by atoms with van der Waals surface area (Å²) in [4.78, 5) is 18.4. The summed E-state index contributed by atoms with van der Waals surface area (Å²) in [6, 6.07) is 37.6. The highest BCUT2D eigenvalue weighted by Gasteiger charge is 2.44. The topological polar surface area (TPSA) is 23.6 Å². The normalized spacial score (nSPS) is 15.8. The lowest BCUT2D eigenvalue weighted by molar-refractivity contribution is 0.0309. The fraction of sp³-hybridized carbons (Fsp3) is 0.194. The Kier molecular flexibility index (Phi) is 6.04. The second kappa shape index (κ2) is 9.28. The fourth-order valence-electron chi connectivity index (χ4n) is 5.16. The minimum absolute atomic E-state index is 0.0969. The van der Waals surface area contributed by atoms with Gasteiger partial charge in [0.25, 0.3) is 5.91 Å². The van der Waals surface area contributed by atoms with Gasteiger partial charge in [0.05, 0.1) is 5.54 Å². The summed E-state index contributed by atoms with van der Waals surface area (Å²) in [5, 5.41) is 0. The molecule has 0 saturated carbocycles. The molecule has 0 spiro atoms. The van der Waals surface area contributed by atoms with Crippen LogP contribution in [0.5, 0.6) is 0 Å². The third-order valence-corrected chi connectivity index (χ3v) is 7.14. The second-order valence-corrected chi connectivity index (χ2v) is 9.14. The van der Waals surface area contributed by atoms with E-state index >= 15 is 0 Å².